The highest BCUT2D eigenvalue weighted by atomic mass is 16.4. The lowest BCUT2D eigenvalue weighted by Gasteiger charge is -2.24. The van der Waals surface area contributed by atoms with Gasteiger partial charge in [-0.1, -0.05) is 13.3 Å². The van der Waals surface area contributed by atoms with E-state index in [1.54, 1.807) is 13.0 Å². The maximum atomic E-state index is 10.7. The van der Waals surface area contributed by atoms with E-state index in [4.69, 9.17) is 9.52 Å². The summed E-state index contributed by atoms with van der Waals surface area (Å²) >= 11 is 0. The molecule has 0 radical (unpaired) electrons. The molecular formula is C13H21NO4. The van der Waals surface area contributed by atoms with Gasteiger partial charge in [0.2, 0.25) is 5.76 Å². The van der Waals surface area contributed by atoms with Crippen molar-refractivity contribution in [3.05, 3.63) is 23.7 Å². The number of furan rings is 1. The minimum absolute atomic E-state index is 0.0704. The molecule has 0 saturated heterocycles. The number of carboxylic acid groups (broad SMARTS) is 1. The van der Waals surface area contributed by atoms with Gasteiger partial charge in [0, 0.05) is 6.54 Å². The molecular weight excluding hydrogens is 234 g/mol. The van der Waals surface area contributed by atoms with Crippen LogP contribution in [0.4, 0.5) is 0 Å². The summed E-state index contributed by atoms with van der Waals surface area (Å²) in [5, 5.41) is 21.9. The summed E-state index contributed by atoms with van der Waals surface area (Å²) in [6, 6.07) is 2.93. The van der Waals surface area contributed by atoms with E-state index in [1.165, 1.54) is 6.07 Å². The van der Waals surface area contributed by atoms with E-state index >= 15 is 0 Å². The fourth-order valence-electron chi connectivity index (χ4n) is 1.80. The van der Waals surface area contributed by atoms with E-state index < -0.39 is 11.6 Å². The first kappa shape index (κ1) is 14.7. The van der Waals surface area contributed by atoms with E-state index in [9.17, 15) is 9.90 Å². The van der Waals surface area contributed by atoms with Crippen molar-refractivity contribution >= 4 is 5.97 Å². The molecule has 0 amide bonds. The third-order valence-electron chi connectivity index (χ3n) is 2.84. The van der Waals surface area contributed by atoms with Crippen molar-refractivity contribution in [2.45, 2.75) is 45.3 Å². The highest BCUT2D eigenvalue weighted by Crippen LogP contribution is 2.18. The summed E-state index contributed by atoms with van der Waals surface area (Å²) in [6.07, 6.45) is 1.62. The molecule has 0 aliphatic carbocycles. The maximum absolute atomic E-state index is 10.7. The Morgan fingerprint density at radius 1 is 1.56 bits per heavy atom. The van der Waals surface area contributed by atoms with Crippen LogP contribution in [0.2, 0.25) is 0 Å². The summed E-state index contributed by atoms with van der Waals surface area (Å²) in [5.74, 6) is -0.593. The lowest BCUT2D eigenvalue weighted by atomic mass is 10.0. The fraction of sp³-hybridized carbons (Fsp3) is 0.615. The molecule has 1 aromatic rings. The Bertz CT molecular complexity index is 397. The molecule has 3 N–H and O–H groups in total. The number of carboxylic acids is 1. The van der Waals surface area contributed by atoms with Crippen LogP contribution in [0.15, 0.2) is 16.5 Å². The first-order chi connectivity index (χ1) is 8.35. The minimum atomic E-state index is -1.08. The Kier molecular flexibility index (Phi) is 4.93. The fourth-order valence-corrected chi connectivity index (χ4v) is 1.80. The van der Waals surface area contributed by atoms with Crippen LogP contribution in [0.3, 0.4) is 0 Å². The van der Waals surface area contributed by atoms with Crippen LogP contribution in [0.1, 0.15) is 56.0 Å². The summed E-state index contributed by atoms with van der Waals surface area (Å²) in [6.45, 7) is 6.10. The van der Waals surface area contributed by atoms with E-state index in [0.29, 0.717) is 18.7 Å². The highest BCUT2D eigenvalue weighted by Gasteiger charge is 2.21. The van der Waals surface area contributed by atoms with Gasteiger partial charge in [-0.15, -0.1) is 0 Å². The van der Waals surface area contributed by atoms with Gasteiger partial charge in [0.1, 0.15) is 5.76 Å². The molecule has 0 fully saturated rings. The van der Waals surface area contributed by atoms with Gasteiger partial charge < -0.3 is 19.9 Å². The average molecular weight is 255 g/mol. The Morgan fingerprint density at radius 2 is 2.22 bits per heavy atom. The molecule has 0 spiro atoms. The quantitative estimate of drug-likeness (QED) is 0.695. The number of aromatic carboxylic acids is 1. The van der Waals surface area contributed by atoms with Crippen LogP contribution >= 0.6 is 0 Å². The number of rotatable bonds is 7. The first-order valence-electron chi connectivity index (χ1n) is 6.14. The lowest BCUT2D eigenvalue weighted by molar-refractivity contribution is 0.0467. The summed E-state index contributed by atoms with van der Waals surface area (Å²) in [4.78, 5) is 10.7. The Hall–Kier alpha value is -1.33. The zero-order valence-corrected chi connectivity index (χ0v) is 11.1. The minimum Gasteiger partial charge on any atom is -0.475 e. The van der Waals surface area contributed by atoms with Crippen LogP contribution in [0, 0.1) is 0 Å². The van der Waals surface area contributed by atoms with Crippen LogP contribution in [0.25, 0.3) is 0 Å². The molecule has 1 rings (SSSR count). The zero-order valence-electron chi connectivity index (χ0n) is 11.1. The van der Waals surface area contributed by atoms with Crippen LogP contribution in [-0.4, -0.2) is 28.3 Å². The normalized spacial score (nSPS) is 16.2. The molecule has 0 aliphatic heterocycles. The Labute approximate surface area is 107 Å². The number of hydrogen-bond acceptors (Lipinski definition) is 4. The standard InChI is InChI=1S/C13H21NO4/c1-4-7-13(3,17)8-14-9(2)10-5-6-11(18-10)12(15)16/h5-6,9,14,17H,4,7-8H2,1-3H3,(H,15,16). The zero-order chi connectivity index (χ0) is 13.8. The van der Waals surface area contributed by atoms with Crippen molar-refractivity contribution in [1.82, 2.24) is 5.32 Å². The van der Waals surface area contributed by atoms with E-state index in [0.717, 1.165) is 6.42 Å². The van der Waals surface area contributed by atoms with E-state index in [1.807, 2.05) is 13.8 Å². The van der Waals surface area contributed by atoms with Crippen molar-refractivity contribution in [3.8, 4) is 0 Å². The van der Waals surface area contributed by atoms with Gasteiger partial charge in [0.15, 0.2) is 0 Å². The topological polar surface area (TPSA) is 82.7 Å². The van der Waals surface area contributed by atoms with Crippen LogP contribution in [0.5, 0.6) is 0 Å². The number of aliphatic hydroxyl groups is 1. The molecule has 0 aliphatic rings. The third kappa shape index (κ3) is 4.16. The number of carbonyl (C=O) groups is 1. The molecule has 102 valence electrons. The van der Waals surface area contributed by atoms with Gasteiger partial charge in [-0.3, -0.25) is 0 Å². The van der Waals surface area contributed by atoms with E-state index in [2.05, 4.69) is 5.32 Å². The van der Waals surface area contributed by atoms with E-state index in [-0.39, 0.29) is 11.8 Å². The van der Waals surface area contributed by atoms with Crippen molar-refractivity contribution in [2.75, 3.05) is 6.54 Å². The highest BCUT2D eigenvalue weighted by molar-refractivity contribution is 5.84. The predicted octanol–water partition coefficient (Wildman–Crippen LogP) is 2.18. The third-order valence-corrected chi connectivity index (χ3v) is 2.84. The molecule has 18 heavy (non-hydrogen) atoms. The summed E-state index contributed by atoms with van der Waals surface area (Å²) in [7, 11) is 0. The maximum Gasteiger partial charge on any atom is 0.371 e. The van der Waals surface area contributed by atoms with Crippen molar-refractivity contribution < 1.29 is 19.4 Å². The SMILES string of the molecule is CCCC(C)(O)CNC(C)c1ccc(C(=O)O)o1. The second kappa shape index (κ2) is 6.02. The Balaban J connectivity index is 2.54. The molecule has 0 saturated carbocycles. The van der Waals surface area contributed by atoms with Gasteiger partial charge in [-0.2, -0.15) is 0 Å². The van der Waals surface area contributed by atoms with Gasteiger partial charge in [-0.05, 0) is 32.4 Å². The Morgan fingerprint density at radius 3 is 2.72 bits per heavy atom. The van der Waals surface area contributed by atoms with Gasteiger partial charge in [0.05, 0.1) is 11.6 Å². The molecule has 5 nitrogen and oxygen atoms in total. The number of hydrogen-bond donors (Lipinski definition) is 3. The van der Waals surface area contributed by atoms with Crippen molar-refractivity contribution in [3.63, 3.8) is 0 Å². The molecule has 2 unspecified atom stereocenters. The average Bonchev–Trinajstić information content (AvgIpc) is 2.75. The predicted molar refractivity (Wildman–Crippen MR) is 67.6 cm³/mol. The van der Waals surface area contributed by atoms with Gasteiger partial charge in [0.25, 0.3) is 0 Å². The van der Waals surface area contributed by atoms with Gasteiger partial charge >= 0.3 is 5.97 Å². The summed E-state index contributed by atoms with van der Waals surface area (Å²) in [5.41, 5.74) is -0.759. The van der Waals surface area contributed by atoms with Crippen LogP contribution in [-0.2, 0) is 0 Å². The van der Waals surface area contributed by atoms with Gasteiger partial charge in [-0.25, -0.2) is 4.79 Å². The molecule has 1 heterocycles. The largest absolute Gasteiger partial charge is 0.475 e. The molecule has 5 heteroatoms. The second-order valence-corrected chi connectivity index (χ2v) is 4.86. The van der Waals surface area contributed by atoms with Crippen LogP contribution < -0.4 is 5.32 Å². The monoisotopic (exact) mass is 255 g/mol. The smallest absolute Gasteiger partial charge is 0.371 e. The summed E-state index contributed by atoms with van der Waals surface area (Å²) < 4.78 is 5.19. The first-order valence-corrected chi connectivity index (χ1v) is 6.14. The molecule has 0 aromatic carbocycles. The number of nitrogens with one attached hydrogen (secondary N) is 1. The lowest BCUT2D eigenvalue weighted by Crippen LogP contribution is -2.38. The molecule has 0 bridgehead atoms. The molecule has 2 atom stereocenters. The second-order valence-electron chi connectivity index (χ2n) is 4.86. The molecule has 1 aromatic heterocycles. The van der Waals surface area contributed by atoms with Crippen molar-refractivity contribution in [1.29, 1.82) is 0 Å². The van der Waals surface area contributed by atoms with Crippen molar-refractivity contribution in [2.24, 2.45) is 0 Å².